The number of rotatable bonds is 9. The van der Waals surface area contributed by atoms with E-state index in [1.807, 2.05) is 0 Å². The molecule has 0 fully saturated rings. The van der Waals surface area contributed by atoms with Gasteiger partial charge in [0.05, 0.1) is 6.61 Å². The maximum atomic E-state index is 12.3. The van der Waals surface area contributed by atoms with Crippen LogP contribution in [0.1, 0.15) is 49.0 Å². The third-order valence-corrected chi connectivity index (χ3v) is 3.46. The molecule has 0 bridgehead atoms. The molecule has 126 valence electrons. The molecule has 0 aliphatic carbocycles. The van der Waals surface area contributed by atoms with Crippen molar-refractivity contribution in [2.45, 2.75) is 39.5 Å². The van der Waals surface area contributed by atoms with Gasteiger partial charge in [-0.25, -0.2) is 0 Å². The van der Waals surface area contributed by atoms with Gasteiger partial charge in [0.25, 0.3) is 0 Å². The summed E-state index contributed by atoms with van der Waals surface area (Å²) in [6.07, 6.45) is 1.51. The fourth-order valence-corrected chi connectivity index (χ4v) is 2.35. The van der Waals surface area contributed by atoms with E-state index in [2.05, 4.69) is 5.32 Å². The first-order chi connectivity index (χ1) is 10.9. The molecule has 0 saturated carbocycles. The standard InChI is InChI=1S/C17H22ClNO4/c1-3-23-17(22)9-6-13-11-14(18)7-8-15(13)16(21)5-4-10-19-12(2)20/h7-8,11H,3-6,9-10H2,1-2H3,(H,19,20). The van der Waals surface area contributed by atoms with Crippen LogP contribution in [-0.4, -0.2) is 30.8 Å². The van der Waals surface area contributed by atoms with Crippen LogP contribution in [-0.2, 0) is 20.7 Å². The molecule has 0 atom stereocenters. The minimum atomic E-state index is -0.295. The molecule has 0 radical (unpaired) electrons. The molecular weight excluding hydrogens is 318 g/mol. The molecule has 0 spiro atoms. The van der Waals surface area contributed by atoms with Crippen molar-refractivity contribution in [1.29, 1.82) is 0 Å². The minimum absolute atomic E-state index is 0.0223. The lowest BCUT2D eigenvalue weighted by atomic mass is 9.97. The van der Waals surface area contributed by atoms with E-state index in [1.165, 1.54) is 6.92 Å². The van der Waals surface area contributed by atoms with Gasteiger partial charge in [-0.15, -0.1) is 0 Å². The predicted molar refractivity (Wildman–Crippen MR) is 88.7 cm³/mol. The van der Waals surface area contributed by atoms with Gasteiger partial charge in [0, 0.05) is 36.9 Å². The topological polar surface area (TPSA) is 72.5 Å². The second-order valence-electron chi connectivity index (χ2n) is 5.12. The van der Waals surface area contributed by atoms with Crippen LogP contribution in [0.25, 0.3) is 0 Å². The Morgan fingerprint density at radius 3 is 2.61 bits per heavy atom. The van der Waals surface area contributed by atoms with Crippen molar-refractivity contribution in [3.8, 4) is 0 Å². The van der Waals surface area contributed by atoms with Crippen molar-refractivity contribution < 1.29 is 19.1 Å². The van der Waals surface area contributed by atoms with E-state index < -0.39 is 0 Å². The number of ether oxygens (including phenoxy) is 1. The SMILES string of the molecule is CCOC(=O)CCc1cc(Cl)ccc1C(=O)CCCNC(C)=O. The van der Waals surface area contributed by atoms with Gasteiger partial charge in [0.1, 0.15) is 0 Å². The molecule has 5 nitrogen and oxygen atoms in total. The van der Waals surface area contributed by atoms with E-state index in [-0.39, 0.29) is 24.1 Å². The molecule has 0 aromatic heterocycles. The molecule has 6 heteroatoms. The first kappa shape index (κ1) is 19.2. The van der Waals surface area contributed by atoms with Gasteiger partial charge in [-0.3, -0.25) is 14.4 Å². The summed E-state index contributed by atoms with van der Waals surface area (Å²) in [5.41, 5.74) is 1.32. The maximum Gasteiger partial charge on any atom is 0.306 e. The number of carbonyl (C=O) groups is 3. The van der Waals surface area contributed by atoms with Crippen LogP contribution in [0.5, 0.6) is 0 Å². The normalized spacial score (nSPS) is 10.2. The molecule has 0 unspecified atom stereocenters. The Morgan fingerprint density at radius 2 is 1.96 bits per heavy atom. The lowest BCUT2D eigenvalue weighted by Crippen LogP contribution is -2.21. The first-order valence-corrected chi connectivity index (χ1v) is 8.03. The molecule has 1 amide bonds. The third-order valence-electron chi connectivity index (χ3n) is 3.23. The molecule has 0 saturated heterocycles. The summed E-state index contributed by atoms with van der Waals surface area (Å²) in [6, 6.07) is 5.06. The number of halogens is 1. The van der Waals surface area contributed by atoms with Crippen molar-refractivity contribution in [2.24, 2.45) is 0 Å². The number of Topliss-reactive ketones (excluding diaryl/α,β-unsaturated/α-hetero) is 1. The number of ketones is 1. The fraction of sp³-hybridized carbons (Fsp3) is 0.471. The molecule has 0 aliphatic rings. The van der Waals surface area contributed by atoms with Crippen LogP contribution < -0.4 is 5.32 Å². The Hall–Kier alpha value is -1.88. The summed E-state index contributed by atoms with van der Waals surface area (Å²) < 4.78 is 4.90. The molecule has 0 heterocycles. The molecule has 1 N–H and O–H groups in total. The van der Waals surface area contributed by atoms with Crippen LogP contribution in [0.4, 0.5) is 0 Å². The van der Waals surface area contributed by atoms with Crippen molar-refractivity contribution in [3.05, 3.63) is 34.3 Å². The second-order valence-corrected chi connectivity index (χ2v) is 5.55. The van der Waals surface area contributed by atoms with Gasteiger partial charge in [-0.1, -0.05) is 11.6 Å². The van der Waals surface area contributed by atoms with Gasteiger partial charge in [0.2, 0.25) is 5.91 Å². The van der Waals surface area contributed by atoms with Crippen molar-refractivity contribution in [3.63, 3.8) is 0 Å². The highest BCUT2D eigenvalue weighted by atomic mass is 35.5. The third kappa shape index (κ3) is 7.28. The summed E-state index contributed by atoms with van der Waals surface area (Å²) in [6.45, 7) is 3.99. The smallest absolute Gasteiger partial charge is 0.306 e. The number of hydrogen-bond donors (Lipinski definition) is 1. The highest BCUT2D eigenvalue weighted by molar-refractivity contribution is 6.30. The Bertz CT molecular complexity index is 572. The average Bonchev–Trinajstić information content (AvgIpc) is 2.49. The van der Waals surface area contributed by atoms with E-state index in [0.29, 0.717) is 43.0 Å². The molecule has 1 rings (SSSR count). The zero-order chi connectivity index (χ0) is 17.2. The Kier molecular flexibility index (Phi) is 8.33. The van der Waals surface area contributed by atoms with E-state index in [4.69, 9.17) is 16.3 Å². The Balaban J connectivity index is 2.67. The number of carbonyl (C=O) groups excluding carboxylic acids is 3. The summed E-state index contributed by atoms with van der Waals surface area (Å²) in [5, 5.41) is 3.18. The van der Waals surface area contributed by atoms with Crippen molar-refractivity contribution >= 4 is 29.3 Å². The minimum Gasteiger partial charge on any atom is -0.466 e. The maximum absolute atomic E-state index is 12.3. The van der Waals surface area contributed by atoms with Gasteiger partial charge in [-0.05, 0) is 43.5 Å². The zero-order valence-electron chi connectivity index (χ0n) is 13.5. The fourth-order valence-electron chi connectivity index (χ4n) is 2.16. The van der Waals surface area contributed by atoms with Gasteiger partial charge < -0.3 is 10.1 Å². The van der Waals surface area contributed by atoms with Crippen molar-refractivity contribution in [2.75, 3.05) is 13.2 Å². The predicted octanol–water partition coefficient (Wildman–Crippen LogP) is 2.93. The van der Waals surface area contributed by atoms with Crippen molar-refractivity contribution in [1.82, 2.24) is 5.32 Å². The summed E-state index contributed by atoms with van der Waals surface area (Å²) in [5.74, 6) is -0.429. The van der Waals surface area contributed by atoms with Gasteiger partial charge >= 0.3 is 5.97 Å². The Labute approximate surface area is 141 Å². The average molecular weight is 340 g/mol. The van der Waals surface area contributed by atoms with Crippen LogP contribution in [0.3, 0.4) is 0 Å². The van der Waals surface area contributed by atoms with E-state index in [1.54, 1.807) is 25.1 Å². The highest BCUT2D eigenvalue weighted by Gasteiger charge is 2.13. The Morgan fingerprint density at radius 1 is 1.22 bits per heavy atom. The molecule has 1 aromatic carbocycles. The number of hydrogen-bond acceptors (Lipinski definition) is 4. The molecule has 1 aromatic rings. The van der Waals surface area contributed by atoms with Gasteiger partial charge in [0.15, 0.2) is 5.78 Å². The first-order valence-electron chi connectivity index (χ1n) is 7.65. The largest absolute Gasteiger partial charge is 0.466 e. The van der Waals surface area contributed by atoms with Crippen LogP contribution in [0.15, 0.2) is 18.2 Å². The van der Waals surface area contributed by atoms with E-state index >= 15 is 0 Å². The van der Waals surface area contributed by atoms with E-state index in [0.717, 1.165) is 5.56 Å². The van der Waals surface area contributed by atoms with Crippen LogP contribution in [0, 0.1) is 0 Å². The van der Waals surface area contributed by atoms with Crippen LogP contribution >= 0.6 is 11.6 Å². The lowest BCUT2D eigenvalue weighted by molar-refractivity contribution is -0.143. The number of esters is 1. The summed E-state index contributed by atoms with van der Waals surface area (Å²) in [7, 11) is 0. The monoisotopic (exact) mass is 339 g/mol. The molecule has 0 aliphatic heterocycles. The van der Waals surface area contributed by atoms with Crippen LogP contribution in [0.2, 0.25) is 5.02 Å². The van der Waals surface area contributed by atoms with Gasteiger partial charge in [-0.2, -0.15) is 0 Å². The summed E-state index contributed by atoms with van der Waals surface area (Å²) in [4.78, 5) is 34.6. The summed E-state index contributed by atoms with van der Waals surface area (Å²) >= 11 is 5.98. The highest BCUT2D eigenvalue weighted by Crippen LogP contribution is 2.20. The zero-order valence-corrected chi connectivity index (χ0v) is 14.2. The quantitative estimate of drug-likeness (QED) is 0.426. The number of amides is 1. The lowest BCUT2D eigenvalue weighted by Gasteiger charge is -2.10. The molecule has 23 heavy (non-hydrogen) atoms. The van der Waals surface area contributed by atoms with E-state index in [9.17, 15) is 14.4 Å². The number of aryl methyl sites for hydroxylation is 1. The molecular formula is C17H22ClNO4. The number of nitrogens with one attached hydrogen (secondary N) is 1. The number of benzene rings is 1. The second kappa shape index (κ2) is 10.0.